The molecule has 0 saturated heterocycles. The molecule has 0 bridgehead atoms. The molecule has 0 aliphatic carbocycles. The summed E-state index contributed by atoms with van der Waals surface area (Å²) in [5, 5.41) is 5.33. The van der Waals surface area contributed by atoms with E-state index in [-0.39, 0.29) is 15.9 Å². The molecule has 2 rings (SSSR count). The standard InChI is InChI=1S/C15H15N3O3S2/c1-11(19)16-13-7-9-14(10-8-13)23(20,21)18-15(22)17-12-5-3-2-4-6-12/h2-10H,1H3,(H,16,19)(H2,17,18,22). The van der Waals surface area contributed by atoms with Gasteiger partial charge in [-0.1, -0.05) is 18.2 Å². The molecule has 0 aliphatic rings. The number of carbonyl (C=O) groups is 1. The third kappa shape index (κ3) is 5.04. The SMILES string of the molecule is CC(=O)Nc1ccc(S(=O)(=O)NC(=S)Nc2ccccc2)cc1. The van der Waals surface area contributed by atoms with Gasteiger partial charge in [0, 0.05) is 18.3 Å². The summed E-state index contributed by atoms with van der Waals surface area (Å²) in [6, 6.07) is 14.8. The van der Waals surface area contributed by atoms with E-state index in [1.165, 1.54) is 31.2 Å². The molecule has 0 saturated carbocycles. The van der Waals surface area contributed by atoms with Crippen molar-refractivity contribution in [1.82, 2.24) is 4.72 Å². The quantitative estimate of drug-likeness (QED) is 0.738. The van der Waals surface area contributed by atoms with Gasteiger partial charge in [0.2, 0.25) is 5.91 Å². The molecule has 2 aromatic rings. The fourth-order valence-electron chi connectivity index (χ4n) is 1.78. The first-order valence-corrected chi connectivity index (χ1v) is 8.52. The van der Waals surface area contributed by atoms with E-state index in [1.54, 1.807) is 24.3 Å². The van der Waals surface area contributed by atoms with E-state index in [4.69, 9.17) is 12.2 Å². The Morgan fingerprint density at radius 2 is 1.48 bits per heavy atom. The molecule has 0 fully saturated rings. The topological polar surface area (TPSA) is 87.3 Å². The molecular weight excluding hydrogens is 334 g/mol. The van der Waals surface area contributed by atoms with Crippen LogP contribution in [0.1, 0.15) is 6.92 Å². The zero-order valence-electron chi connectivity index (χ0n) is 12.2. The lowest BCUT2D eigenvalue weighted by Crippen LogP contribution is -2.34. The lowest BCUT2D eigenvalue weighted by molar-refractivity contribution is -0.114. The molecule has 8 heteroatoms. The maximum absolute atomic E-state index is 12.2. The number of sulfonamides is 1. The number of para-hydroxylation sites is 1. The zero-order chi connectivity index (χ0) is 16.9. The van der Waals surface area contributed by atoms with E-state index in [9.17, 15) is 13.2 Å². The second-order valence-corrected chi connectivity index (χ2v) is 6.72. The maximum Gasteiger partial charge on any atom is 0.263 e. The van der Waals surface area contributed by atoms with E-state index in [0.717, 1.165) is 0 Å². The summed E-state index contributed by atoms with van der Waals surface area (Å²) in [5.41, 5.74) is 1.20. The van der Waals surface area contributed by atoms with Crippen LogP contribution in [0.3, 0.4) is 0 Å². The number of anilines is 2. The van der Waals surface area contributed by atoms with Crippen molar-refractivity contribution < 1.29 is 13.2 Å². The Bertz CT molecular complexity index is 804. The maximum atomic E-state index is 12.2. The van der Waals surface area contributed by atoms with Crippen molar-refractivity contribution in [3.63, 3.8) is 0 Å². The summed E-state index contributed by atoms with van der Waals surface area (Å²) in [4.78, 5) is 11.0. The molecule has 0 aromatic heterocycles. The fourth-order valence-corrected chi connectivity index (χ4v) is 3.13. The molecule has 0 spiro atoms. The van der Waals surface area contributed by atoms with Crippen molar-refractivity contribution >= 4 is 44.6 Å². The molecule has 3 N–H and O–H groups in total. The van der Waals surface area contributed by atoms with Crippen molar-refractivity contribution in [2.75, 3.05) is 10.6 Å². The number of hydrogen-bond donors (Lipinski definition) is 3. The number of thiocarbonyl (C=S) groups is 1. The molecule has 0 unspecified atom stereocenters. The van der Waals surface area contributed by atoms with Crippen molar-refractivity contribution in [1.29, 1.82) is 0 Å². The van der Waals surface area contributed by atoms with Gasteiger partial charge in [-0.15, -0.1) is 0 Å². The Kier molecular flexibility index (Phi) is 5.30. The highest BCUT2D eigenvalue weighted by molar-refractivity contribution is 7.92. The van der Waals surface area contributed by atoms with Crippen LogP contribution >= 0.6 is 12.2 Å². The van der Waals surface area contributed by atoms with Gasteiger partial charge in [-0.25, -0.2) is 8.42 Å². The average molecular weight is 349 g/mol. The lowest BCUT2D eigenvalue weighted by Gasteiger charge is -2.11. The molecule has 120 valence electrons. The van der Waals surface area contributed by atoms with Gasteiger partial charge in [0.05, 0.1) is 4.90 Å². The summed E-state index contributed by atoms with van der Waals surface area (Å²) in [5.74, 6) is -0.230. The van der Waals surface area contributed by atoms with Crippen LogP contribution in [0.5, 0.6) is 0 Å². The number of benzene rings is 2. The monoisotopic (exact) mass is 349 g/mol. The van der Waals surface area contributed by atoms with Crippen molar-refractivity contribution in [2.24, 2.45) is 0 Å². The Balaban J connectivity index is 2.06. The summed E-state index contributed by atoms with van der Waals surface area (Å²) in [6.45, 7) is 1.37. The highest BCUT2D eigenvalue weighted by Crippen LogP contribution is 2.14. The molecule has 0 heterocycles. The molecule has 0 radical (unpaired) electrons. The largest absolute Gasteiger partial charge is 0.332 e. The molecule has 2 aromatic carbocycles. The number of hydrogen-bond acceptors (Lipinski definition) is 4. The summed E-state index contributed by atoms with van der Waals surface area (Å²) in [7, 11) is -3.79. The summed E-state index contributed by atoms with van der Waals surface area (Å²) in [6.07, 6.45) is 0. The molecule has 0 atom stereocenters. The van der Waals surface area contributed by atoms with Gasteiger partial charge >= 0.3 is 0 Å². The van der Waals surface area contributed by atoms with Crippen LogP contribution in [0.2, 0.25) is 0 Å². The summed E-state index contributed by atoms with van der Waals surface area (Å²) < 4.78 is 26.8. The Morgan fingerprint density at radius 1 is 0.913 bits per heavy atom. The minimum absolute atomic E-state index is 0.0258. The van der Waals surface area contributed by atoms with Crippen LogP contribution in [-0.4, -0.2) is 19.4 Å². The van der Waals surface area contributed by atoms with Gasteiger partial charge < -0.3 is 10.6 Å². The first-order chi connectivity index (χ1) is 10.9. The van der Waals surface area contributed by atoms with Crippen molar-refractivity contribution in [2.45, 2.75) is 11.8 Å². The minimum Gasteiger partial charge on any atom is -0.332 e. The van der Waals surface area contributed by atoms with E-state index in [1.807, 2.05) is 6.07 Å². The first kappa shape index (κ1) is 16.9. The zero-order valence-corrected chi connectivity index (χ0v) is 13.9. The van der Waals surface area contributed by atoms with E-state index < -0.39 is 10.0 Å². The van der Waals surface area contributed by atoms with Crippen LogP contribution in [0.25, 0.3) is 0 Å². The number of carbonyl (C=O) groups excluding carboxylic acids is 1. The highest BCUT2D eigenvalue weighted by Gasteiger charge is 2.15. The molecule has 1 amide bonds. The van der Waals surface area contributed by atoms with Crippen LogP contribution in [0, 0.1) is 0 Å². The number of amides is 1. The number of rotatable bonds is 4. The van der Waals surface area contributed by atoms with E-state index in [0.29, 0.717) is 11.4 Å². The van der Waals surface area contributed by atoms with Crippen molar-refractivity contribution in [3.05, 3.63) is 54.6 Å². The predicted molar refractivity (Wildman–Crippen MR) is 93.7 cm³/mol. The van der Waals surface area contributed by atoms with Crippen LogP contribution in [0.4, 0.5) is 11.4 Å². The normalized spacial score (nSPS) is 10.7. The summed E-state index contributed by atoms with van der Waals surface area (Å²) >= 11 is 5.01. The average Bonchev–Trinajstić information content (AvgIpc) is 2.47. The second kappa shape index (κ2) is 7.21. The second-order valence-electron chi connectivity index (χ2n) is 4.63. The van der Waals surface area contributed by atoms with Crippen LogP contribution in [0.15, 0.2) is 59.5 Å². The van der Waals surface area contributed by atoms with E-state index >= 15 is 0 Å². The third-order valence-electron chi connectivity index (χ3n) is 2.74. The van der Waals surface area contributed by atoms with Gasteiger partial charge in [-0.05, 0) is 48.6 Å². The highest BCUT2D eigenvalue weighted by atomic mass is 32.2. The molecule has 23 heavy (non-hydrogen) atoms. The predicted octanol–water partition coefficient (Wildman–Crippen LogP) is 2.32. The Labute approximate surface area is 140 Å². The Morgan fingerprint density at radius 3 is 2.04 bits per heavy atom. The van der Waals surface area contributed by atoms with Gasteiger partial charge in [0.25, 0.3) is 10.0 Å². The molecule has 0 aliphatic heterocycles. The van der Waals surface area contributed by atoms with E-state index in [2.05, 4.69) is 15.4 Å². The molecule has 6 nitrogen and oxygen atoms in total. The van der Waals surface area contributed by atoms with Crippen molar-refractivity contribution in [3.8, 4) is 0 Å². The van der Waals surface area contributed by atoms with Gasteiger partial charge in [0.15, 0.2) is 5.11 Å². The van der Waals surface area contributed by atoms with Gasteiger partial charge in [0.1, 0.15) is 0 Å². The van der Waals surface area contributed by atoms with Gasteiger partial charge in [-0.3, -0.25) is 9.52 Å². The number of nitrogens with one attached hydrogen (secondary N) is 3. The minimum atomic E-state index is -3.79. The van der Waals surface area contributed by atoms with Crippen LogP contribution < -0.4 is 15.4 Å². The smallest absolute Gasteiger partial charge is 0.263 e. The first-order valence-electron chi connectivity index (χ1n) is 6.63. The van der Waals surface area contributed by atoms with Gasteiger partial charge in [-0.2, -0.15) is 0 Å². The lowest BCUT2D eigenvalue weighted by atomic mass is 10.3. The third-order valence-corrected chi connectivity index (χ3v) is 4.44. The fraction of sp³-hybridized carbons (Fsp3) is 0.0667. The molecular formula is C15H15N3O3S2. The van der Waals surface area contributed by atoms with Crippen LogP contribution in [-0.2, 0) is 14.8 Å². The Hall–Kier alpha value is -2.45.